The number of hydrogen-bond acceptors (Lipinski definition) is 4. The number of amides is 1. The monoisotopic (exact) mass is 250 g/mol. The van der Waals surface area contributed by atoms with Crippen molar-refractivity contribution in [2.75, 3.05) is 0 Å². The second-order valence-corrected chi connectivity index (χ2v) is 5.75. The van der Waals surface area contributed by atoms with Gasteiger partial charge in [0, 0.05) is 6.42 Å². The van der Waals surface area contributed by atoms with E-state index in [1.54, 1.807) is 0 Å². The molecule has 8 heteroatoms. The molecule has 1 atom stereocenters. The third-order valence-electron chi connectivity index (χ3n) is 2.25. The molecule has 0 heterocycles. The minimum atomic E-state index is -3.56. The maximum absolute atomic E-state index is 11.5. The van der Waals surface area contributed by atoms with Crippen LogP contribution in [0.2, 0.25) is 0 Å². The lowest BCUT2D eigenvalue weighted by Crippen LogP contribution is -2.42. The molecule has 0 aromatic heterocycles. The van der Waals surface area contributed by atoms with E-state index < -0.39 is 33.2 Å². The van der Waals surface area contributed by atoms with E-state index in [1.165, 1.54) is 0 Å². The summed E-state index contributed by atoms with van der Waals surface area (Å²) in [5.74, 6) is -1.96. The van der Waals surface area contributed by atoms with E-state index in [0.717, 1.165) is 0 Å². The Hall–Kier alpha value is -1.15. The highest BCUT2D eigenvalue weighted by molar-refractivity contribution is 7.90. The number of sulfonamides is 1. The van der Waals surface area contributed by atoms with Crippen LogP contribution in [0, 0.1) is 0 Å². The van der Waals surface area contributed by atoms with Crippen molar-refractivity contribution in [1.29, 1.82) is 0 Å². The average Bonchev–Trinajstić information content (AvgIpc) is 2.94. The van der Waals surface area contributed by atoms with Gasteiger partial charge in [0.05, 0.1) is 5.25 Å². The number of carbonyl (C=O) groups excluding carboxylic acids is 1. The topological polar surface area (TPSA) is 127 Å². The number of carbonyl (C=O) groups is 2. The summed E-state index contributed by atoms with van der Waals surface area (Å²) in [4.78, 5) is 21.2. The SMILES string of the molecule is NC(=O)CC[C@@H](NS(=O)(=O)C1CC1)C(=O)O. The first kappa shape index (κ1) is 12.9. The number of carboxylic acid groups (broad SMARTS) is 1. The molecule has 0 aliphatic heterocycles. The lowest BCUT2D eigenvalue weighted by molar-refractivity contribution is -0.139. The first-order valence-corrected chi connectivity index (χ1v) is 6.40. The summed E-state index contributed by atoms with van der Waals surface area (Å²) < 4.78 is 25.0. The van der Waals surface area contributed by atoms with E-state index in [2.05, 4.69) is 4.72 Å². The fourth-order valence-electron chi connectivity index (χ4n) is 1.19. The molecule has 1 rings (SSSR count). The molecule has 92 valence electrons. The zero-order valence-electron chi connectivity index (χ0n) is 8.55. The summed E-state index contributed by atoms with van der Waals surface area (Å²) in [6.07, 6.45) is 0.815. The van der Waals surface area contributed by atoms with Gasteiger partial charge in [-0.05, 0) is 19.3 Å². The van der Waals surface area contributed by atoms with Crippen molar-refractivity contribution >= 4 is 21.9 Å². The number of nitrogens with two attached hydrogens (primary N) is 1. The molecule has 1 aliphatic carbocycles. The number of rotatable bonds is 7. The van der Waals surface area contributed by atoms with E-state index in [0.29, 0.717) is 12.8 Å². The molecule has 7 nitrogen and oxygen atoms in total. The second-order valence-electron chi connectivity index (χ2n) is 3.76. The van der Waals surface area contributed by atoms with Gasteiger partial charge in [-0.1, -0.05) is 0 Å². The van der Waals surface area contributed by atoms with Crippen LogP contribution < -0.4 is 10.5 Å². The van der Waals surface area contributed by atoms with E-state index in [4.69, 9.17) is 10.8 Å². The van der Waals surface area contributed by atoms with Crippen LogP contribution in [0.15, 0.2) is 0 Å². The predicted octanol–water partition coefficient (Wildman–Crippen LogP) is -1.21. The van der Waals surface area contributed by atoms with Crippen molar-refractivity contribution in [3.63, 3.8) is 0 Å². The number of primary amides is 1. The molecule has 4 N–H and O–H groups in total. The van der Waals surface area contributed by atoms with E-state index in [1.807, 2.05) is 0 Å². The molecule has 0 saturated heterocycles. The van der Waals surface area contributed by atoms with Crippen LogP contribution in [0.5, 0.6) is 0 Å². The van der Waals surface area contributed by atoms with Gasteiger partial charge < -0.3 is 10.8 Å². The molecule has 0 aromatic rings. The third kappa shape index (κ3) is 3.78. The molecule has 0 spiro atoms. The Bertz CT molecular complexity index is 387. The molecule has 0 radical (unpaired) electrons. The predicted molar refractivity (Wildman–Crippen MR) is 54.9 cm³/mol. The quantitative estimate of drug-likeness (QED) is 0.522. The number of hydrogen-bond donors (Lipinski definition) is 3. The summed E-state index contributed by atoms with van der Waals surface area (Å²) >= 11 is 0. The van der Waals surface area contributed by atoms with Crippen LogP contribution in [-0.4, -0.2) is 36.7 Å². The van der Waals surface area contributed by atoms with Crippen molar-refractivity contribution in [2.45, 2.75) is 37.0 Å². The fraction of sp³-hybridized carbons (Fsp3) is 0.750. The minimum absolute atomic E-state index is 0.128. The number of aliphatic carboxylic acids is 1. The van der Waals surface area contributed by atoms with Crippen molar-refractivity contribution in [3.05, 3.63) is 0 Å². The molecular weight excluding hydrogens is 236 g/mol. The molecule has 0 unspecified atom stereocenters. The van der Waals surface area contributed by atoms with E-state index in [9.17, 15) is 18.0 Å². The minimum Gasteiger partial charge on any atom is -0.480 e. The van der Waals surface area contributed by atoms with E-state index in [-0.39, 0.29) is 12.8 Å². The maximum Gasteiger partial charge on any atom is 0.321 e. The Balaban J connectivity index is 2.57. The highest BCUT2D eigenvalue weighted by atomic mass is 32.2. The molecular formula is C8H14N2O5S. The standard InChI is InChI=1S/C8H14N2O5S/c9-7(11)4-3-6(8(12)13)10-16(14,15)5-1-2-5/h5-6,10H,1-4H2,(H2,9,11)(H,12,13)/t6-/m1/s1. The van der Waals surface area contributed by atoms with Gasteiger partial charge in [-0.2, -0.15) is 0 Å². The van der Waals surface area contributed by atoms with E-state index >= 15 is 0 Å². The van der Waals surface area contributed by atoms with Crippen LogP contribution in [-0.2, 0) is 19.6 Å². The molecule has 0 bridgehead atoms. The van der Waals surface area contributed by atoms with Gasteiger partial charge in [-0.3, -0.25) is 9.59 Å². The van der Waals surface area contributed by atoms with Crippen LogP contribution in [0.4, 0.5) is 0 Å². The first-order chi connectivity index (χ1) is 7.33. The first-order valence-electron chi connectivity index (χ1n) is 4.85. The largest absolute Gasteiger partial charge is 0.480 e. The Morgan fingerprint density at radius 3 is 2.38 bits per heavy atom. The van der Waals surface area contributed by atoms with Crippen LogP contribution in [0.3, 0.4) is 0 Å². The van der Waals surface area contributed by atoms with Crippen LogP contribution in [0.25, 0.3) is 0 Å². The zero-order chi connectivity index (χ0) is 12.3. The molecule has 1 fully saturated rings. The molecule has 1 aliphatic rings. The second kappa shape index (κ2) is 4.79. The van der Waals surface area contributed by atoms with Gasteiger partial charge in [-0.15, -0.1) is 0 Å². The Morgan fingerprint density at radius 2 is 2.00 bits per heavy atom. The van der Waals surface area contributed by atoms with Crippen LogP contribution in [0.1, 0.15) is 25.7 Å². The van der Waals surface area contributed by atoms with Gasteiger partial charge in [0.2, 0.25) is 15.9 Å². The average molecular weight is 250 g/mol. The Labute approximate surface area is 93.1 Å². The van der Waals surface area contributed by atoms with Crippen molar-refractivity contribution in [3.8, 4) is 0 Å². The Kier molecular flexibility index (Phi) is 3.87. The van der Waals surface area contributed by atoms with Crippen molar-refractivity contribution < 1.29 is 23.1 Å². The summed E-state index contributed by atoms with van der Waals surface area (Å²) in [5, 5.41) is 8.29. The van der Waals surface area contributed by atoms with Gasteiger partial charge in [0.1, 0.15) is 6.04 Å². The fourth-order valence-corrected chi connectivity index (χ4v) is 2.76. The maximum atomic E-state index is 11.5. The summed E-state index contributed by atoms with van der Waals surface area (Å²) in [7, 11) is -3.56. The normalized spacial score (nSPS) is 18.0. The molecule has 1 amide bonds. The van der Waals surface area contributed by atoms with Crippen LogP contribution >= 0.6 is 0 Å². The number of carboxylic acids is 1. The molecule has 1 saturated carbocycles. The van der Waals surface area contributed by atoms with Gasteiger partial charge in [-0.25, -0.2) is 13.1 Å². The summed E-state index contributed by atoms with van der Waals surface area (Å²) in [5.41, 5.74) is 4.87. The Morgan fingerprint density at radius 1 is 1.44 bits per heavy atom. The summed E-state index contributed by atoms with van der Waals surface area (Å²) in [6.45, 7) is 0. The van der Waals surface area contributed by atoms with Gasteiger partial charge >= 0.3 is 5.97 Å². The lowest BCUT2D eigenvalue weighted by atomic mass is 10.2. The highest BCUT2D eigenvalue weighted by Crippen LogP contribution is 2.27. The number of nitrogens with one attached hydrogen (secondary N) is 1. The molecule has 0 aromatic carbocycles. The van der Waals surface area contributed by atoms with Crippen molar-refractivity contribution in [2.24, 2.45) is 5.73 Å². The van der Waals surface area contributed by atoms with Gasteiger partial charge in [0.15, 0.2) is 0 Å². The lowest BCUT2D eigenvalue weighted by Gasteiger charge is -2.13. The zero-order valence-corrected chi connectivity index (χ0v) is 9.37. The summed E-state index contributed by atoms with van der Waals surface area (Å²) in [6, 6.07) is -1.28. The van der Waals surface area contributed by atoms with Crippen molar-refractivity contribution in [1.82, 2.24) is 4.72 Å². The third-order valence-corrected chi connectivity index (χ3v) is 4.21. The molecule has 16 heavy (non-hydrogen) atoms. The van der Waals surface area contributed by atoms with Gasteiger partial charge in [0.25, 0.3) is 0 Å². The highest BCUT2D eigenvalue weighted by Gasteiger charge is 2.38. The smallest absolute Gasteiger partial charge is 0.321 e.